The van der Waals surface area contributed by atoms with Gasteiger partial charge in [-0.3, -0.25) is 9.59 Å². The molecule has 0 saturated heterocycles. The fraction of sp³-hybridized carbons (Fsp3) is 0.381. The second-order valence-corrected chi connectivity index (χ2v) is 8.76. The molecule has 2 heterocycles. The number of oxime groups is 1. The van der Waals surface area contributed by atoms with E-state index in [-0.39, 0.29) is 34.3 Å². The highest BCUT2D eigenvalue weighted by Gasteiger charge is 2.38. The number of carbonyl (C=O) groups is 3. The van der Waals surface area contributed by atoms with Crippen LogP contribution >= 0.6 is 11.3 Å². The average molecular weight is 518 g/mol. The highest BCUT2D eigenvalue weighted by atomic mass is 32.1. The first kappa shape index (κ1) is 26.9. The van der Waals surface area contributed by atoms with Gasteiger partial charge in [-0.2, -0.15) is 0 Å². The molecule has 36 heavy (non-hydrogen) atoms. The zero-order valence-electron chi connectivity index (χ0n) is 19.3. The van der Waals surface area contributed by atoms with Crippen LogP contribution in [0.2, 0.25) is 0 Å². The Bertz CT molecular complexity index is 1130. The average Bonchev–Trinajstić information content (AvgIpc) is 3.27. The van der Waals surface area contributed by atoms with Gasteiger partial charge in [0.2, 0.25) is 0 Å². The number of fused-ring (bicyclic) bond motifs is 1. The van der Waals surface area contributed by atoms with Crippen molar-refractivity contribution in [2.24, 2.45) is 10.9 Å². The Morgan fingerprint density at radius 3 is 2.81 bits per heavy atom. The molecule has 0 saturated carbocycles. The first-order valence-electron chi connectivity index (χ1n) is 11.2. The number of para-hydroxylation sites is 1. The molecule has 0 unspecified atom stereocenters. The van der Waals surface area contributed by atoms with Gasteiger partial charge in [0.25, 0.3) is 11.8 Å². The van der Waals surface area contributed by atoms with Gasteiger partial charge < -0.3 is 41.7 Å². The Balaban J connectivity index is 1.66. The molecule has 1 aromatic carbocycles. The van der Waals surface area contributed by atoms with Crippen molar-refractivity contribution in [3.05, 3.63) is 40.4 Å². The minimum atomic E-state index is -1.52. The lowest BCUT2D eigenvalue weighted by Gasteiger charge is -2.28. The van der Waals surface area contributed by atoms with Crippen molar-refractivity contribution in [1.82, 2.24) is 15.6 Å². The summed E-state index contributed by atoms with van der Waals surface area (Å²) in [5.74, 6) is -3.25. The van der Waals surface area contributed by atoms with Crippen LogP contribution in [0.4, 0.5) is 5.13 Å². The third kappa shape index (κ3) is 7.16. The van der Waals surface area contributed by atoms with E-state index >= 15 is 0 Å². The molecule has 192 valence electrons. The molecule has 2 aromatic rings. The molecule has 0 bridgehead atoms. The van der Waals surface area contributed by atoms with Crippen molar-refractivity contribution in [2.45, 2.75) is 31.6 Å². The molecule has 0 spiro atoms. The van der Waals surface area contributed by atoms with Gasteiger partial charge in [0.05, 0.1) is 11.5 Å². The number of carboxylic acids is 1. The number of rotatable bonds is 12. The number of anilines is 1. The molecule has 15 heteroatoms. The van der Waals surface area contributed by atoms with Crippen LogP contribution in [0.5, 0.6) is 5.75 Å². The number of aromatic nitrogens is 1. The number of aromatic carboxylic acids is 1. The summed E-state index contributed by atoms with van der Waals surface area (Å²) in [7, 11) is -1.52. The Hall–Kier alpha value is -3.69. The lowest BCUT2D eigenvalue weighted by molar-refractivity contribution is -0.126. The van der Waals surface area contributed by atoms with E-state index in [2.05, 4.69) is 20.8 Å². The molecule has 2 amide bonds. The maximum Gasteiger partial charge on any atom is 0.547 e. The molecule has 1 aromatic heterocycles. The lowest BCUT2D eigenvalue weighted by Crippen LogP contribution is -2.54. The molecule has 0 fully saturated rings. The molecule has 1 aliphatic heterocycles. The van der Waals surface area contributed by atoms with Gasteiger partial charge in [-0.15, -0.1) is 11.3 Å². The Kier molecular flexibility index (Phi) is 9.61. The molecular weight excluding hydrogens is 491 g/mol. The van der Waals surface area contributed by atoms with Crippen molar-refractivity contribution in [2.75, 3.05) is 25.4 Å². The number of unbranched alkanes of at least 4 members (excludes halogenated alkanes) is 2. The number of hydrogen-bond acceptors (Lipinski definition) is 11. The van der Waals surface area contributed by atoms with E-state index in [1.165, 1.54) is 11.4 Å². The molecule has 8 N–H and O–H groups in total. The number of nitrogen functional groups attached to an aromatic ring is 1. The molecule has 13 nitrogen and oxygen atoms in total. The quantitative estimate of drug-likeness (QED) is 0.0920. The van der Waals surface area contributed by atoms with Gasteiger partial charge >= 0.3 is 13.1 Å². The first-order chi connectivity index (χ1) is 17.3. The fourth-order valence-electron chi connectivity index (χ4n) is 3.43. The third-order valence-electron chi connectivity index (χ3n) is 5.20. The van der Waals surface area contributed by atoms with E-state index in [4.69, 9.17) is 21.0 Å². The van der Waals surface area contributed by atoms with Crippen LogP contribution < -0.4 is 26.8 Å². The second-order valence-electron chi connectivity index (χ2n) is 7.88. The topological polar surface area (TPSA) is 211 Å². The second kappa shape index (κ2) is 12.9. The highest BCUT2D eigenvalue weighted by Crippen LogP contribution is 2.30. The zero-order chi connectivity index (χ0) is 26.1. The molecule has 3 rings (SSSR count). The minimum absolute atomic E-state index is 0.0431. The third-order valence-corrected chi connectivity index (χ3v) is 5.87. The fourth-order valence-corrected chi connectivity index (χ4v) is 3.98. The summed E-state index contributed by atoms with van der Waals surface area (Å²) in [6.45, 7) is 0.637. The van der Waals surface area contributed by atoms with Crippen LogP contribution in [0.1, 0.15) is 40.9 Å². The maximum absolute atomic E-state index is 13.0. The number of nitrogens with two attached hydrogens (primary N) is 2. The Morgan fingerprint density at radius 2 is 2.11 bits per heavy atom. The van der Waals surface area contributed by atoms with Gasteiger partial charge in [-0.25, -0.2) is 9.78 Å². The normalized spacial score (nSPS) is 15.0. The Morgan fingerprint density at radius 1 is 1.31 bits per heavy atom. The van der Waals surface area contributed by atoms with E-state index in [0.717, 1.165) is 30.6 Å². The first-order valence-corrected chi connectivity index (χ1v) is 12.1. The van der Waals surface area contributed by atoms with Crippen molar-refractivity contribution in [1.29, 1.82) is 0 Å². The van der Waals surface area contributed by atoms with Crippen LogP contribution in [0.25, 0.3) is 0 Å². The maximum atomic E-state index is 13.0. The number of hydrogen-bond donors (Lipinski definition) is 6. The SMILES string of the molecule is NCCCCCNC(=O)CO/N=C(\C(=O)N[C@H]1Cc2cccc(C(=O)O)c2OB1O)c1csc(N)n1. The number of carboxylic acid groups (broad SMARTS) is 1. The predicted molar refractivity (Wildman–Crippen MR) is 133 cm³/mol. The standard InChI is InChI=1S/C21H27BN6O7S/c23-7-2-1-3-8-25-16(29)10-34-28-17(14-11-36-21(24)26-14)19(30)27-15-9-12-5-4-6-13(20(31)32)18(12)35-22(15)33/h4-6,11,15,33H,1-3,7-10,23H2,(H2,24,26)(H,25,29)(H,27,30)(H,31,32)/b28-17-/t15-/m0/s1. The monoisotopic (exact) mass is 518 g/mol. The van der Waals surface area contributed by atoms with Crippen LogP contribution in [0.3, 0.4) is 0 Å². The highest BCUT2D eigenvalue weighted by molar-refractivity contribution is 7.13. The largest absolute Gasteiger partial charge is 0.547 e. The predicted octanol–water partition coefficient (Wildman–Crippen LogP) is -0.471. The molecule has 1 aliphatic rings. The van der Waals surface area contributed by atoms with E-state index in [1.807, 2.05) is 0 Å². The smallest absolute Gasteiger partial charge is 0.534 e. The van der Waals surface area contributed by atoms with Gasteiger partial charge in [0, 0.05) is 11.9 Å². The Labute approximate surface area is 211 Å². The number of nitrogens with one attached hydrogen (secondary N) is 2. The van der Waals surface area contributed by atoms with E-state index < -0.39 is 37.5 Å². The summed E-state index contributed by atoms with van der Waals surface area (Å²) in [6.07, 6.45) is 2.65. The van der Waals surface area contributed by atoms with E-state index in [0.29, 0.717) is 18.7 Å². The number of amides is 2. The summed E-state index contributed by atoms with van der Waals surface area (Å²) in [6, 6.07) is 4.54. The van der Waals surface area contributed by atoms with Gasteiger partial charge in [0.1, 0.15) is 11.4 Å². The summed E-state index contributed by atoms with van der Waals surface area (Å²) < 4.78 is 5.40. The summed E-state index contributed by atoms with van der Waals surface area (Å²) >= 11 is 1.08. The molecule has 0 aliphatic carbocycles. The molecule has 0 radical (unpaired) electrons. The number of carbonyl (C=O) groups excluding carboxylic acids is 2. The van der Waals surface area contributed by atoms with Crippen LogP contribution in [-0.2, 0) is 20.8 Å². The van der Waals surface area contributed by atoms with Crippen molar-refractivity contribution in [3.63, 3.8) is 0 Å². The lowest BCUT2D eigenvalue weighted by atomic mass is 9.72. The number of benzene rings is 1. The minimum Gasteiger partial charge on any atom is -0.534 e. The molecule has 1 atom stereocenters. The van der Waals surface area contributed by atoms with Crippen LogP contribution in [-0.4, -0.2) is 71.4 Å². The van der Waals surface area contributed by atoms with Crippen molar-refractivity contribution in [3.8, 4) is 5.75 Å². The number of thiazole rings is 1. The van der Waals surface area contributed by atoms with E-state index in [9.17, 15) is 24.5 Å². The number of nitrogens with zero attached hydrogens (tertiary/aromatic N) is 2. The van der Waals surface area contributed by atoms with E-state index in [1.54, 1.807) is 12.1 Å². The van der Waals surface area contributed by atoms with Crippen LogP contribution in [0.15, 0.2) is 28.7 Å². The van der Waals surface area contributed by atoms with Gasteiger partial charge in [0.15, 0.2) is 17.5 Å². The van der Waals surface area contributed by atoms with Crippen molar-refractivity contribution < 1.29 is 34.0 Å². The summed E-state index contributed by atoms with van der Waals surface area (Å²) in [4.78, 5) is 45.6. The molecular formula is C21H27BN6O7S. The van der Waals surface area contributed by atoms with Gasteiger partial charge in [-0.05, 0) is 37.4 Å². The zero-order valence-corrected chi connectivity index (χ0v) is 20.1. The van der Waals surface area contributed by atoms with Crippen LogP contribution in [0, 0.1) is 0 Å². The van der Waals surface area contributed by atoms with Crippen molar-refractivity contribution >= 4 is 47.1 Å². The summed E-state index contributed by atoms with van der Waals surface area (Å²) in [5, 5.41) is 30.5. The summed E-state index contributed by atoms with van der Waals surface area (Å²) in [5.41, 5.74) is 11.4. The van der Waals surface area contributed by atoms with Gasteiger partial charge in [-0.1, -0.05) is 23.7 Å².